The first-order chi connectivity index (χ1) is 21.2. The van der Waals surface area contributed by atoms with E-state index < -0.39 is 12.5 Å². The van der Waals surface area contributed by atoms with Crippen LogP contribution in [0.3, 0.4) is 0 Å². The van der Waals surface area contributed by atoms with E-state index in [-0.39, 0.29) is 58.3 Å². The van der Waals surface area contributed by atoms with E-state index in [0.717, 1.165) is 5.57 Å². The van der Waals surface area contributed by atoms with Crippen molar-refractivity contribution in [3.05, 3.63) is 71.3 Å². The molecule has 44 heavy (non-hydrogen) atoms. The molecule has 1 fully saturated rings. The molecule has 13 nitrogen and oxygen atoms in total. The number of aromatic nitrogens is 5. The third-order valence-corrected chi connectivity index (χ3v) is 7.35. The number of ether oxygens (including phenoxy) is 2. The van der Waals surface area contributed by atoms with Crippen molar-refractivity contribution in [2.75, 3.05) is 44.6 Å². The minimum absolute atomic E-state index is 0.0696. The summed E-state index contributed by atoms with van der Waals surface area (Å²) in [6.45, 7) is -0.311. The van der Waals surface area contributed by atoms with Crippen LogP contribution in [0.1, 0.15) is 10.4 Å². The molecule has 0 atom stereocenters. The van der Waals surface area contributed by atoms with E-state index in [1.165, 1.54) is 52.1 Å². The van der Waals surface area contributed by atoms with Crippen LogP contribution in [-0.2, 0) is 20.9 Å². The zero-order chi connectivity index (χ0) is 30.8. The molecule has 1 N–H and O–H groups in total. The first-order valence-electron chi connectivity index (χ1n) is 13.5. The van der Waals surface area contributed by atoms with Gasteiger partial charge in [-0.05, 0) is 29.8 Å². The van der Waals surface area contributed by atoms with Crippen LogP contribution in [0.15, 0.2) is 60.7 Å². The number of amides is 2. The molecule has 2 amide bonds. The maximum Gasteiger partial charge on any atom is 0.387 e. The molecule has 3 aromatic heterocycles. The Morgan fingerprint density at radius 3 is 2.75 bits per heavy atom. The van der Waals surface area contributed by atoms with Gasteiger partial charge in [-0.2, -0.15) is 19.0 Å². The Balaban J connectivity index is 1.23. The molecule has 0 aliphatic carbocycles. The molecule has 6 rings (SSSR count). The number of anilines is 1. The van der Waals surface area contributed by atoms with Crippen molar-refractivity contribution in [1.29, 1.82) is 0 Å². The van der Waals surface area contributed by atoms with Crippen LogP contribution in [0.25, 0.3) is 16.9 Å². The Labute approximate surface area is 253 Å². The van der Waals surface area contributed by atoms with Crippen molar-refractivity contribution < 1.29 is 32.6 Å². The summed E-state index contributed by atoms with van der Waals surface area (Å²) < 4.78 is 38.9. The monoisotopic (exact) mass is 626 g/mol. The molecule has 4 aromatic rings. The van der Waals surface area contributed by atoms with Gasteiger partial charge in [0.15, 0.2) is 5.65 Å². The number of hydrogen-bond acceptors (Lipinski definition) is 9. The van der Waals surface area contributed by atoms with Gasteiger partial charge in [0.05, 0.1) is 11.9 Å². The maximum absolute atomic E-state index is 13.3. The number of carbonyl (C=O) groups excluding carboxylic acids is 3. The minimum atomic E-state index is -3.13. The van der Waals surface area contributed by atoms with Gasteiger partial charge in [-0.15, -0.1) is 0 Å². The number of hydrogen-bond donors (Lipinski definition) is 1. The molecule has 16 heteroatoms. The molecule has 1 aromatic carbocycles. The van der Waals surface area contributed by atoms with Gasteiger partial charge >= 0.3 is 12.6 Å². The van der Waals surface area contributed by atoms with E-state index in [2.05, 4.69) is 25.4 Å². The van der Waals surface area contributed by atoms with Crippen LogP contribution in [0, 0.1) is 0 Å². The number of carbonyl (C=O) groups is 3. The molecular formula is C28H25ClF2N8O5. The lowest BCUT2D eigenvalue weighted by atomic mass is 10.1. The Kier molecular flexibility index (Phi) is 8.21. The fourth-order valence-corrected chi connectivity index (χ4v) is 5.21. The fraction of sp³-hybridized carbons (Fsp3) is 0.286. The summed E-state index contributed by atoms with van der Waals surface area (Å²) >= 11 is 6.20. The van der Waals surface area contributed by atoms with E-state index in [4.69, 9.17) is 21.1 Å². The number of esters is 1. The lowest BCUT2D eigenvalue weighted by Crippen LogP contribution is -2.50. The van der Waals surface area contributed by atoms with Crippen LogP contribution in [0.5, 0.6) is 5.75 Å². The van der Waals surface area contributed by atoms with Gasteiger partial charge in [0.25, 0.3) is 5.91 Å². The maximum atomic E-state index is 13.3. The molecule has 0 radical (unpaired) electrons. The van der Waals surface area contributed by atoms with Crippen LogP contribution in [0.2, 0.25) is 5.02 Å². The molecule has 5 heterocycles. The normalized spacial score (nSPS) is 15.5. The second-order valence-corrected chi connectivity index (χ2v) is 10.5. The number of cyclic esters (lactones) is 1. The van der Waals surface area contributed by atoms with Gasteiger partial charge in [-0.1, -0.05) is 11.6 Å². The summed E-state index contributed by atoms with van der Waals surface area (Å²) in [5.41, 5.74) is 1.66. The summed E-state index contributed by atoms with van der Waals surface area (Å²) in [6, 6.07) is 5.71. The summed E-state index contributed by atoms with van der Waals surface area (Å²) in [5, 5.41) is 11.6. The highest BCUT2D eigenvalue weighted by molar-refractivity contribution is 6.31. The lowest BCUT2D eigenvalue weighted by Gasteiger charge is -2.34. The quantitative estimate of drug-likeness (QED) is 0.278. The second kappa shape index (κ2) is 12.4. The van der Waals surface area contributed by atoms with Crippen molar-refractivity contribution in [3.8, 4) is 17.0 Å². The predicted octanol–water partition coefficient (Wildman–Crippen LogP) is 2.73. The largest absolute Gasteiger partial charge is 0.458 e. The average molecular weight is 627 g/mol. The van der Waals surface area contributed by atoms with E-state index in [9.17, 15) is 23.2 Å². The summed E-state index contributed by atoms with van der Waals surface area (Å²) in [6.07, 6.45) is 7.44. The Morgan fingerprint density at radius 1 is 1.18 bits per heavy atom. The highest BCUT2D eigenvalue weighted by Crippen LogP contribution is 2.37. The Bertz CT molecular complexity index is 1770. The molecule has 0 bridgehead atoms. The van der Waals surface area contributed by atoms with Crippen LogP contribution >= 0.6 is 11.6 Å². The standard InChI is InChI=1S/C28H25ClF2N8O5/c29-18-2-3-22(44-28(30)31)19(11-18)25-21(34-27(42)20-12-33-39-5-1-4-32-26(20)39)14-38(35-25)15-23(40)37-8-6-36(7-9-37)13-17-10-24(41)43-16-17/h1-5,10-12,14,28H,6-9,13,15-16H2,(H,34,42). The summed E-state index contributed by atoms with van der Waals surface area (Å²) in [5.74, 6) is -1.36. The van der Waals surface area contributed by atoms with Gasteiger partial charge in [0.1, 0.15) is 30.2 Å². The number of fused-ring (bicyclic) bond motifs is 1. The van der Waals surface area contributed by atoms with Gasteiger partial charge in [0.2, 0.25) is 5.91 Å². The van der Waals surface area contributed by atoms with E-state index in [1.54, 1.807) is 17.2 Å². The lowest BCUT2D eigenvalue weighted by molar-refractivity contribution is -0.135. The highest BCUT2D eigenvalue weighted by Gasteiger charge is 2.26. The molecule has 2 aliphatic rings. The number of piperazine rings is 1. The zero-order valence-corrected chi connectivity index (χ0v) is 23.8. The van der Waals surface area contributed by atoms with Gasteiger partial charge in [-0.25, -0.2) is 14.3 Å². The highest BCUT2D eigenvalue weighted by atomic mass is 35.5. The third kappa shape index (κ3) is 6.38. The van der Waals surface area contributed by atoms with Gasteiger partial charge in [-0.3, -0.25) is 19.2 Å². The van der Waals surface area contributed by atoms with Crippen molar-refractivity contribution in [3.63, 3.8) is 0 Å². The number of alkyl halides is 2. The van der Waals surface area contributed by atoms with Crippen molar-refractivity contribution in [1.82, 2.24) is 34.2 Å². The number of halogens is 3. The second-order valence-electron chi connectivity index (χ2n) is 10.1. The molecular weight excluding hydrogens is 602 g/mol. The molecule has 0 spiro atoms. The van der Waals surface area contributed by atoms with Gasteiger partial charge in [0, 0.05) is 68.0 Å². The summed E-state index contributed by atoms with van der Waals surface area (Å²) in [4.78, 5) is 45.9. The molecule has 2 aliphatic heterocycles. The Hall–Kier alpha value is -4.89. The first-order valence-corrected chi connectivity index (χ1v) is 13.9. The topological polar surface area (TPSA) is 136 Å². The van der Waals surface area contributed by atoms with E-state index >= 15 is 0 Å². The van der Waals surface area contributed by atoms with Crippen LogP contribution in [0.4, 0.5) is 14.5 Å². The number of benzene rings is 1. The zero-order valence-electron chi connectivity index (χ0n) is 23.0. The van der Waals surface area contributed by atoms with E-state index in [0.29, 0.717) is 38.4 Å². The van der Waals surface area contributed by atoms with Crippen molar-refractivity contribution in [2.24, 2.45) is 0 Å². The van der Waals surface area contributed by atoms with Gasteiger partial charge < -0.3 is 19.7 Å². The number of nitrogens with zero attached hydrogens (tertiary/aromatic N) is 7. The fourth-order valence-electron chi connectivity index (χ4n) is 5.04. The summed E-state index contributed by atoms with van der Waals surface area (Å²) in [7, 11) is 0. The Morgan fingerprint density at radius 2 is 2.00 bits per heavy atom. The first kappa shape index (κ1) is 29.2. The third-order valence-electron chi connectivity index (χ3n) is 7.12. The van der Waals surface area contributed by atoms with Crippen molar-refractivity contribution in [2.45, 2.75) is 13.2 Å². The van der Waals surface area contributed by atoms with Crippen molar-refractivity contribution >= 4 is 40.7 Å². The smallest absolute Gasteiger partial charge is 0.387 e. The number of rotatable bonds is 9. The van der Waals surface area contributed by atoms with Crippen LogP contribution < -0.4 is 10.1 Å². The molecule has 1 saturated heterocycles. The minimum Gasteiger partial charge on any atom is -0.458 e. The predicted molar refractivity (Wildman–Crippen MR) is 152 cm³/mol. The van der Waals surface area contributed by atoms with E-state index in [1.807, 2.05) is 0 Å². The number of nitrogens with one attached hydrogen (secondary N) is 1. The SMILES string of the molecule is O=C1C=C(CN2CCN(C(=O)Cn3cc(NC(=O)c4cnn5cccnc45)c(-c4cc(Cl)ccc4OC(F)F)n3)CC2)CO1. The van der Waals surface area contributed by atoms with Crippen LogP contribution in [-0.4, -0.2) is 97.9 Å². The molecule has 228 valence electrons. The molecule has 0 saturated carbocycles. The average Bonchev–Trinajstić information content (AvgIpc) is 3.72. The molecule has 0 unspecified atom stereocenters.